The molecule has 2 rings (SSSR count). The summed E-state index contributed by atoms with van der Waals surface area (Å²) < 4.78 is 0. The zero-order valence-electron chi connectivity index (χ0n) is 41.1. The van der Waals surface area contributed by atoms with Gasteiger partial charge in [0.1, 0.15) is 5.78 Å². The fourth-order valence-corrected chi connectivity index (χ4v) is 7.57. The molecule has 4 N–H and O–H groups in total. The van der Waals surface area contributed by atoms with Gasteiger partial charge in [0, 0.05) is 254 Å². The van der Waals surface area contributed by atoms with Gasteiger partial charge in [-0.1, -0.05) is 20.8 Å². The van der Waals surface area contributed by atoms with Crippen LogP contribution < -0.4 is 46.0 Å². The van der Waals surface area contributed by atoms with Crippen molar-refractivity contribution in [3.05, 3.63) is 0 Å². The van der Waals surface area contributed by atoms with Gasteiger partial charge in [-0.25, -0.2) is 0 Å². The second-order valence-electron chi connectivity index (χ2n) is 17.8. The van der Waals surface area contributed by atoms with Crippen LogP contribution >= 0.6 is 0 Å². The standard InChI is InChI=1S/C23H40N4O9.C19H32N4O10.2Gd.2H2O/c1-23(2,3)18(28)5-4-17(22(35)36)27-12-10-25(15-20(31)32)8-6-24(14-19(29)30)7-9-26(11-13-27)16-21(33)34;24-15(25)2-1-14(19(32)33)23-9-7-21(12-17(28)29)5-3-20(11-16(26)27)4-6-22(8-10-23)13-18(30)31;;;;/h17H,4-16H2,1-3H3,(H,29,30)(H,31,32)(H,33,34)(H,35,36);14H,1-13H2,(H,24,25)(H,26,27)(H,28,29)(H,30,31)(H,32,33);;;2*1H2/p-9. The van der Waals surface area contributed by atoms with Crippen LogP contribution in [0, 0.1) is 85.3 Å². The van der Waals surface area contributed by atoms with Crippen molar-refractivity contribution in [2.75, 3.05) is 144 Å². The number of carbonyl (C=O) groups excluding carboxylic acids is 10. The first-order valence-electron chi connectivity index (χ1n) is 22.3. The van der Waals surface area contributed by atoms with Gasteiger partial charge in [0.05, 0.1) is 47.8 Å². The van der Waals surface area contributed by atoms with Gasteiger partial charge < -0.3 is 100 Å². The molecule has 0 aliphatic carbocycles. The molecule has 2 aliphatic rings. The van der Waals surface area contributed by atoms with E-state index in [1.165, 1.54) is 34.3 Å². The Morgan fingerprint density at radius 2 is 0.534 bits per heavy atom. The summed E-state index contributed by atoms with van der Waals surface area (Å²) in [6.45, 7) is 4.04. The number of hydrogen-bond donors (Lipinski definition) is 0. The maximum Gasteiger partial charge on any atom is 0.138 e. The molecule has 0 radical (unpaired) electrons. The van der Waals surface area contributed by atoms with Crippen LogP contribution in [-0.2, 0) is 47.9 Å². The topological polar surface area (TPSA) is 467 Å². The first-order valence-corrected chi connectivity index (χ1v) is 22.3. The van der Waals surface area contributed by atoms with Gasteiger partial charge in [0.15, 0.2) is 0 Å². The summed E-state index contributed by atoms with van der Waals surface area (Å²) in [6, 6.07) is -2.47. The van der Waals surface area contributed by atoms with Gasteiger partial charge >= 0.3 is 0 Å². The second kappa shape index (κ2) is 40.4. The molecule has 29 nitrogen and oxygen atoms in total. The molecule has 0 bridgehead atoms. The Morgan fingerprint density at radius 1 is 0.342 bits per heavy atom. The summed E-state index contributed by atoms with van der Waals surface area (Å²) in [4.78, 5) is 126. The Bertz CT molecular complexity index is 1680. The quantitative estimate of drug-likeness (QED) is 0.0971. The van der Waals surface area contributed by atoms with Gasteiger partial charge in [-0.05, 0) is 19.3 Å². The molecule has 0 aromatic rings. The summed E-state index contributed by atoms with van der Waals surface area (Å²) in [5.74, 6) is -12.6. The molecular weight excluding hydrogens is 1270 g/mol. The first kappa shape index (κ1) is 76.7. The zero-order valence-corrected chi connectivity index (χ0v) is 45.6. The van der Waals surface area contributed by atoms with Gasteiger partial charge in [-0.3, -0.25) is 44.0 Å². The van der Waals surface area contributed by atoms with Crippen LogP contribution in [0.5, 0.6) is 0 Å². The third kappa shape index (κ3) is 35.9. The fraction of sp³-hybridized carbons (Fsp3) is 0.762. The van der Waals surface area contributed by atoms with Crippen LogP contribution in [0.3, 0.4) is 0 Å². The van der Waals surface area contributed by atoms with E-state index in [0.29, 0.717) is 0 Å². The van der Waals surface area contributed by atoms with Crippen molar-refractivity contribution < 1.29 is 185 Å². The van der Waals surface area contributed by atoms with Crippen molar-refractivity contribution in [2.45, 2.75) is 58.5 Å². The van der Waals surface area contributed by atoms with Crippen LogP contribution in [0.4, 0.5) is 0 Å². The Balaban J connectivity index is -0.000000620. The van der Waals surface area contributed by atoms with Crippen molar-refractivity contribution in [3.63, 3.8) is 0 Å². The molecule has 0 saturated carbocycles. The minimum atomic E-state index is -1.53. The molecule has 2 saturated heterocycles. The number of carboxylic acid groups (broad SMARTS) is 9. The molecule has 2 fully saturated rings. The Morgan fingerprint density at radius 3 is 0.699 bits per heavy atom. The smallest absolute Gasteiger partial charge is 0.138 e. The number of hydrogen-bond acceptors (Lipinski definition) is 27. The van der Waals surface area contributed by atoms with Crippen LogP contribution in [0.25, 0.3) is 0 Å². The maximum absolute atomic E-state index is 12.4. The number of aliphatic carboxylic acids is 9. The largest absolute Gasteiger partial charge is 0.550 e. The van der Waals surface area contributed by atoms with Crippen molar-refractivity contribution in [1.82, 2.24) is 39.2 Å². The number of rotatable bonds is 22. The molecule has 0 aromatic carbocycles. The Labute approximate surface area is 487 Å². The summed E-state index contributed by atoms with van der Waals surface area (Å²) >= 11 is 0. The summed E-state index contributed by atoms with van der Waals surface area (Å²) in [6.07, 6.45) is -0.870. The minimum Gasteiger partial charge on any atom is -0.550 e. The number of Topliss-reactive ketones (excluding diaryl/α,β-unsaturated/α-hetero) is 1. The van der Waals surface area contributed by atoms with Crippen molar-refractivity contribution in [3.8, 4) is 0 Å². The summed E-state index contributed by atoms with van der Waals surface area (Å²) in [5.41, 5.74) is -0.647. The van der Waals surface area contributed by atoms with Gasteiger partial charge in [-0.15, -0.1) is 0 Å². The third-order valence-electron chi connectivity index (χ3n) is 11.4. The van der Waals surface area contributed by atoms with E-state index in [0.717, 1.165) is 0 Å². The first-order chi connectivity index (χ1) is 32.2. The molecule has 2 unspecified atom stereocenters. The van der Waals surface area contributed by atoms with Crippen LogP contribution in [0.1, 0.15) is 46.5 Å². The molecule has 426 valence electrons. The molecule has 0 amide bonds. The average molecular weight is 1330 g/mol. The van der Waals surface area contributed by atoms with E-state index in [2.05, 4.69) is 0 Å². The number of ketones is 1. The summed E-state index contributed by atoms with van der Waals surface area (Å²) in [5, 5.41) is 101. The van der Waals surface area contributed by atoms with Crippen LogP contribution in [0.2, 0.25) is 0 Å². The number of nitrogens with zero attached hydrogens (tertiary/aromatic N) is 8. The van der Waals surface area contributed by atoms with Crippen molar-refractivity contribution >= 4 is 59.5 Å². The predicted octanol–water partition coefficient (Wildman–Crippen LogP) is -16.6. The molecule has 0 spiro atoms. The molecule has 31 heteroatoms. The monoisotopic (exact) mass is 1340 g/mol. The van der Waals surface area contributed by atoms with Crippen LogP contribution in [0.15, 0.2) is 0 Å². The summed E-state index contributed by atoms with van der Waals surface area (Å²) in [7, 11) is 0. The predicted molar refractivity (Wildman–Crippen MR) is 225 cm³/mol. The second-order valence-corrected chi connectivity index (χ2v) is 17.8. The third-order valence-corrected chi connectivity index (χ3v) is 11.4. The van der Waals surface area contributed by atoms with E-state index in [1.807, 2.05) is 0 Å². The fourth-order valence-electron chi connectivity index (χ4n) is 7.57. The van der Waals surface area contributed by atoms with Crippen molar-refractivity contribution in [1.29, 1.82) is 0 Å². The number of carbonyl (C=O) groups is 10. The van der Waals surface area contributed by atoms with E-state index in [4.69, 9.17) is 0 Å². The van der Waals surface area contributed by atoms with Gasteiger partial charge in [0.2, 0.25) is 0 Å². The molecule has 0 aromatic heterocycles. The zero-order chi connectivity index (χ0) is 52.4. The average Bonchev–Trinajstić information content (AvgIpc) is 3.20. The van der Waals surface area contributed by atoms with E-state index >= 15 is 0 Å². The van der Waals surface area contributed by atoms with E-state index in [-0.39, 0.29) is 221 Å². The number of carboxylic acids is 9. The Hall–Kier alpha value is -2.85. The van der Waals surface area contributed by atoms with E-state index < -0.39 is 117 Å². The van der Waals surface area contributed by atoms with Gasteiger partial charge in [0.25, 0.3) is 0 Å². The van der Waals surface area contributed by atoms with Crippen LogP contribution in [-0.4, -0.2) is 266 Å². The normalized spacial score (nSPS) is 18.1. The van der Waals surface area contributed by atoms with E-state index in [1.54, 1.807) is 25.7 Å². The minimum absolute atomic E-state index is 0. The van der Waals surface area contributed by atoms with Gasteiger partial charge in [-0.2, -0.15) is 0 Å². The van der Waals surface area contributed by atoms with E-state index in [9.17, 15) is 93.9 Å². The van der Waals surface area contributed by atoms with Crippen molar-refractivity contribution in [2.24, 2.45) is 5.41 Å². The SMILES string of the molecule is CC(C)(C)C(=O)CCC(C(=O)[O-])N1CCN(CC(=O)[O-])CCN(CC(=O)[O-])CCN(CC(=O)[O-])CC1.O.O.O=C([O-])CCC(C(=O)[O-])N1CCN(CC(=O)[O-])CCN(CC(=O)[O-])CCN(CC(=O)[O-])CC1.[Gd].[Gd]. The maximum atomic E-state index is 12.4. The molecule has 2 heterocycles. The Kier molecular flexibility index (Phi) is 42.4. The molecule has 2 aliphatic heterocycles. The molecule has 2 atom stereocenters. The molecule has 73 heavy (non-hydrogen) atoms. The molecular formula is C42H67Gd2N8O21-9.